The number of hydrogen-bond donors (Lipinski definition) is 2. The lowest BCUT2D eigenvalue weighted by Crippen LogP contribution is -2.26. The van der Waals surface area contributed by atoms with Gasteiger partial charge in [0.2, 0.25) is 0 Å². The molecule has 112 valence electrons. The van der Waals surface area contributed by atoms with Gasteiger partial charge in [-0.2, -0.15) is 0 Å². The second kappa shape index (κ2) is 6.36. The van der Waals surface area contributed by atoms with E-state index in [1.54, 1.807) is 13.8 Å². The van der Waals surface area contributed by atoms with Crippen LogP contribution in [0.25, 0.3) is 0 Å². The van der Waals surface area contributed by atoms with Gasteiger partial charge in [0.05, 0.1) is 16.6 Å². The van der Waals surface area contributed by atoms with E-state index in [0.717, 1.165) is 23.3 Å². The zero-order valence-corrected chi connectivity index (χ0v) is 13.6. The van der Waals surface area contributed by atoms with E-state index in [2.05, 4.69) is 10.3 Å². The lowest BCUT2D eigenvalue weighted by Gasteiger charge is -2.11. The van der Waals surface area contributed by atoms with Gasteiger partial charge in [0.1, 0.15) is 9.88 Å². The van der Waals surface area contributed by atoms with Gasteiger partial charge in [0, 0.05) is 0 Å². The van der Waals surface area contributed by atoms with E-state index >= 15 is 0 Å². The number of nitrogens with zero attached hydrogens (tertiary/aromatic N) is 1. The number of carboxylic acids is 1. The Balaban J connectivity index is 2.14. The highest BCUT2D eigenvalue weighted by Crippen LogP contribution is 2.25. The van der Waals surface area contributed by atoms with Gasteiger partial charge in [0.15, 0.2) is 0 Å². The van der Waals surface area contributed by atoms with E-state index in [4.69, 9.17) is 5.11 Å². The van der Waals surface area contributed by atoms with Crippen molar-refractivity contribution in [1.29, 1.82) is 0 Å². The molecule has 2 rings (SSSR count). The molecule has 2 heterocycles. The van der Waals surface area contributed by atoms with Crippen molar-refractivity contribution in [3.8, 4) is 0 Å². The summed E-state index contributed by atoms with van der Waals surface area (Å²) in [5, 5.41) is 14.4. The van der Waals surface area contributed by atoms with Crippen LogP contribution in [0.4, 0.5) is 0 Å². The molecule has 1 amide bonds. The smallest absolute Gasteiger partial charge is 0.347 e. The van der Waals surface area contributed by atoms with Crippen LogP contribution >= 0.6 is 22.7 Å². The molecule has 0 radical (unpaired) electrons. The number of thiophene rings is 1. The van der Waals surface area contributed by atoms with Gasteiger partial charge in [-0.3, -0.25) is 4.79 Å². The van der Waals surface area contributed by atoms with E-state index in [9.17, 15) is 9.59 Å². The average Bonchev–Trinajstić information content (AvgIpc) is 3.04. The van der Waals surface area contributed by atoms with E-state index in [1.165, 1.54) is 11.3 Å². The molecule has 0 aliphatic rings. The summed E-state index contributed by atoms with van der Waals surface area (Å²) in [6.07, 6.45) is 0.806. The summed E-state index contributed by atoms with van der Waals surface area (Å²) >= 11 is 2.51. The molecule has 0 fully saturated rings. The number of hydrogen-bond acceptors (Lipinski definition) is 5. The Morgan fingerprint density at radius 2 is 2.14 bits per heavy atom. The number of rotatable bonds is 5. The molecule has 2 aromatic heterocycles. The van der Waals surface area contributed by atoms with E-state index < -0.39 is 5.97 Å². The predicted octanol–water partition coefficient (Wildman–Crippen LogP) is 3.26. The topological polar surface area (TPSA) is 79.3 Å². The highest BCUT2D eigenvalue weighted by Gasteiger charge is 2.20. The monoisotopic (exact) mass is 324 g/mol. The normalized spacial score (nSPS) is 12.1. The van der Waals surface area contributed by atoms with Crippen molar-refractivity contribution in [2.75, 3.05) is 0 Å². The van der Waals surface area contributed by atoms with Crippen LogP contribution < -0.4 is 5.32 Å². The van der Waals surface area contributed by atoms with Crippen molar-refractivity contribution >= 4 is 34.6 Å². The second-order valence-corrected chi connectivity index (χ2v) is 6.54. The molecule has 2 N–H and O–H groups in total. The molecule has 2 aromatic rings. The Hall–Kier alpha value is -1.73. The first-order chi connectivity index (χ1) is 9.93. The maximum Gasteiger partial charge on any atom is 0.347 e. The van der Waals surface area contributed by atoms with Gasteiger partial charge >= 0.3 is 5.97 Å². The molecule has 0 saturated heterocycles. The van der Waals surface area contributed by atoms with Crippen molar-refractivity contribution in [2.24, 2.45) is 0 Å². The van der Waals surface area contributed by atoms with Gasteiger partial charge in [-0.25, -0.2) is 9.78 Å². The summed E-state index contributed by atoms with van der Waals surface area (Å²) in [4.78, 5) is 28.4. The summed E-state index contributed by atoms with van der Waals surface area (Å²) in [6, 6.07) is 1.63. The summed E-state index contributed by atoms with van der Waals surface area (Å²) in [7, 11) is 0. The summed E-state index contributed by atoms with van der Waals surface area (Å²) in [6.45, 7) is 5.47. The third-order valence-electron chi connectivity index (χ3n) is 3.06. The van der Waals surface area contributed by atoms with Crippen LogP contribution in [0.3, 0.4) is 0 Å². The van der Waals surface area contributed by atoms with Crippen LogP contribution in [0.1, 0.15) is 55.5 Å². The van der Waals surface area contributed by atoms with Crippen LogP contribution in [0, 0.1) is 6.92 Å². The molecular formula is C14H16N2O3S2. The number of thiazole rings is 1. The third kappa shape index (κ3) is 3.30. The van der Waals surface area contributed by atoms with Crippen LogP contribution in [-0.2, 0) is 6.42 Å². The van der Waals surface area contributed by atoms with E-state index in [-0.39, 0.29) is 16.8 Å². The molecule has 5 nitrogen and oxygen atoms in total. The van der Waals surface area contributed by atoms with Crippen molar-refractivity contribution < 1.29 is 14.7 Å². The molecule has 0 bridgehead atoms. The first-order valence-electron chi connectivity index (χ1n) is 6.51. The van der Waals surface area contributed by atoms with Gasteiger partial charge in [0.25, 0.3) is 5.91 Å². The second-order valence-electron chi connectivity index (χ2n) is 4.60. The van der Waals surface area contributed by atoms with E-state index in [1.807, 2.05) is 18.4 Å². The Morgan fingerprint density at radius 3 is 2.71 bits per heavy atom. The van der Waals surface area contributed by atoms with Crippen LogP contribution in [-0.4, -0.2) is 22.0 Å². The Morgan fingerprint density at radius 1 is 1.43 bits per heavy atom. The minimum absolute atomic E-state index is 0.140. The highest BCUT2D eigenvalue weighted by molar-refractivity contribution is 7.13. The lowest BCUT2D eigenvalue weighted by atomic mass is 10.2. The maximum atomic E-state index is 12.3. The number of carbonyl (C=O) groups excluding carboxylic acids is 1. The van der Waals surface area contributed by atoms with Gasteiger partial charge in [-0.05, 0) is 37.3 Å². The zero-order valence-electron chi connectivity index (χ0n) is 12.0. The van der Waals surface area contributed by atoms with Crippen molar-refractivity contribution in [1.82, 2.24) is 10.3 Å². The van der Waals surface area contributed by atoms with Crippen LogP contribution in [0.15, 0.2) is 11.4 Å². The van der Waals surface area contributed by atoms with Crippen molar-refractivity contribution in [2.45, 2.75) is 33.2 Å². The first-order valence-corrected chi connectivity index (χ1v) is 8.21. The van der Waals surface area contributed by atoms with Gasteiger partial charge in [-0.15, -0.1) is 22.7 Å². The number of aromatic carboxylic acids is 1. The quantitative estimate of drug-likeness (QED) is 0.884. The Kier molecular flexibility index (Phi) is 4.74. The Bertz CT molecular complexity index is 676. The minimum atomic E-state index is -0.985. The standard InChI is InChI=1S/C14H16N2O3S2/c1-4-9-5-6-20-11(9)12(17)15-8(3)13-16-7(2)10(21-13)14(18)19/h5-6,8H,4H2,1-3H3,(H,15,17)(H,18,19)/t8-/m1/s1. The lowest BCUT2D eigenvalue weighted by molar-refractivity contribution is 0.0701. The fourth-order valence-electron chi connectivity index (χ4n) is 1.94. The largest absolute Gasteiger partial charge is 0.477 e. The molecule has 0 unspecified atom stereocenters. The minimum Gasteiger partial charge on any atom is -0.477 e. The molecule has 0 spiro atoms. The highest BCUT2D eigenvalue weighted by atomic mass is 32.1. The number of aromatic nitrogens is 1. The van der Waals surface area contributed by atoms with E-state index in [0.29, 0.717) is 15.6 Å². The SMILES string of the molecule is CCc1ccsc1C(=O)N[C@H](C)c1nc(C)c(C(=O)O)s1. The molecule has 7 heteroatoms. The van der Waals surface area contributed by atoms with Gasteiger partial charge < -0.3 is 10.4 Å². The summed E-state index contributed by atoms with van der Waals surface area (Å²) < 4.78 is 0. The number of nitrogens with one attached hydrogen (secondary N) is 1. The van der Waals surface area contributed by atoms with Gasteiger partial charge in [-0.1, -0.05) is 6.92 Å². The molecule has 21 heavy (non-hydrogen) atoms. The fourth-order valence-corrected chi connectivity index (χ4v) is 3.74. The summed E-state index contributed by atoms with van der Waals surface area (Å²) in [5.74, 6) is -1.12. The fraction of sp³-hybridized carbons (Fsp3) is 0.357. The number of carbonyl (C=O) groups is 2. The van der Waals surface area contributed by atoms with Crippen molar-refractivity contribution in [3.63, 3.8) is 0 Å². The maximum absolute atomic E-state index is 12.3. The molecule has 0 aromatic carbocycles. The molecule has 0 aliphatic carbocycles. The first kappa shape index (κ1) is 15.7. The van der Waals surface area contributed by atoms with Crippen LogP contribution in [0.5, 0.6) is 0 Å². The molecule has 1 atom stereocenters. The van der Waals surface area contributed by atoms with Crippen LogP contribution in [0.2, 0.25) is 0 Å². The predicted molar refractivity (Wildman–Crippen MR) is 83.4 cm³/mol. The Labute approximate surface area is 130 Å². The third-order valence-corrected chi connectivity index (χ3v) is 5.34. The summed E-state index contributed by atoms with van der Waals surface area (Å²) in [5.41, 5.74) is 1.50. The zero-order chi connectivity index (χ0) is 15.6. The average molecular weight is 324 g/mol. The number of aryl methyl sites for hydroxylation is 2. The van der Waals surface area contributed by atoms with Crippen molar-refractivity contribution in [3.05, 3.63) is 37.5 Å². The molecule has 0 saturated carbocycles. The number of carboxylic acid groups (broad SMARTS) is 1. The molecule has 0 aliphatic heterocycles. The number of amides is 1. The molecular weight excluding hydrogens is 308 g/mol.